The molecule has 1 N–H and O–H groups in total. The molecule has 25 heavy (non-hydrogen) atoms. The highest BCUT2D eigenvalue weighted by atomic mass is 32.1. The molecule has 0 fully saturated rings. The lowest BCUT2D eigenvalue weighted by Crippen LogP contribution is -2.20. The number of rotatable bonds is 6. The molecular formula is C19H18N2O3S. The van der Waals surface area contributed by atoms with Gasteiger partial charge in [0.2, 0.25) is 0 Å². The van der Waals surface area contributed by atoms with E-state index in [9.17, 15) is 4.79 Å². The topological polar surface area (TPSA) is 60.5 Å². The number of nitrogens with one attached hydrogen (secondary N) is 1. The summed E-state index contributed by atoms with van der Waals surface area (Å²) in [7, 11) is 1.60. The number of ether oxygens (including phenoxy) is 2. The van der Waals surface area contributed by atoms with Crippen molar-refractivity contribution in [2.24, 2.45) is 0 Å². The number of nitrogens with zero attached hydrogens (tertiary/aromatic N) is 1. The summed E-state index contributed by atoms with van der Waals surface area (Å²) in [4.78, 5) is 16.4. The number of carbonyl (C=O) groups is 1. The van der Waals surface area contributed by atoms with Gasteiger partial charge in [0.05, 0.1) is 7.11 Å². The summed E-state index contributed by atoms with van der Waals surface area (Å²) in [5.74, 6) is 1.16. The monoisotopic (exact) mass is 354 g/mol. The summed E-state index contributed by atoms with van der Waals surface area (Å²) in [6, 6.07) is 14.7. The van der Waals surface area contributed by atoms with Crippen molar-refractivity contribution >= 4 is 22.9 Å². The molecule has 5 nitrogen and oxygen atoms in total. The number of hydrogen-bond donors (Lipinski definition) is 1. The number of methoxy groups -OCH3 is 1. The SMILES string of the molecule is COc1ccc(NC(=O)COc2ccc(-c3nc(C)cs3)cc2)cc1. The van der Waals surface area contributed by atoms with Gasteiger partial charge in [0, 0.05) is 22.3 Å². The first-order valence-corrected chi connectivity index (χ1v) is 8.61. The Hall–Kier alpha value is -2.86. The molecule has 0 aliphatic rings. The molecule has 1 amide bonds. The Kier molecular flexibility index (Phi) is 5.30. The molecule has 1 aromatic heterocycles. The Labute approximate surface area is 150 Å². The summed E-state index contributed by atoms with van der Waals surface area (Å²) < 4.78 is 10.6. The van der Waals surface area contributed by atoms with Crippen LogP contribution in [0.5, 0.6) is 11.5 Å². The fraction of sp³-hybridized carbons (Fsp3) is 0.158. The molecule has 2 aromatic carbocycles. The standard InChI is InChI=1S/C19H18N2O3S/c1-13-12-25-19(20-13)14-3-7-17(8-4-14)24-11-18(22)21-15-5-9-16(23-2)10-6-15/h3-10,12H,11H2,1-2H3,(H,21,22). The van der Waals surface area contributed by atoms with E-state index >= 15 is 0 Å². The molecule has 128 valence electrons. The molecule has 0 saturated carbocycles. The Morgan fingerprint density at radius 1 is 1.08 bits per heavy atom. The van der Waals surface area contributed by atoms with Gasteiger partial charge < -0.3 is 14.8 Å². The highest BCUT2D eigenvalue weighted by Crippen LogP contribution is 2.25. The Bertz CT molecular complexity index is 842. The third kappa shape index (κ3) is 4.58. The number of hydrogen-bond acceptors (Lipinski definition) is 5. The van der Waals surface area contributed by atoms with Crippen LogP contribution < -0.4 is 14.8 Å². The van der Waals surface area contributed by atoms with Gasteiger partial charge in [0.25, 0.3) is 5.91 Å². The van der Waals surface area contributed by atoms with Crippen LogP contribution in [0.2, 0.25) is 0 Å². The van der Waals surface area contributed by atoms with Gasteiger partial charge in [0.15, 0.2) is 6.61 Å². The minimum absolute atomic E-state index is 0.0538. The van der Waals surface area contributed by atoms with E-state index in [2.05, 4.69) is 10.3 Å². The van der Waals surface area contributed by atoms with Crippen LogP contribution in [-0.2, 0) is 4.79 Å². The normalized spacial score (nSPS) is 10.3. The number of thiazole rings is 1. The molecule has 0 aliphatic heterocycles. The van der Waals surface area contributed by atoms with Gasteiger partial charge in [0.1, 0.15) is 16.5 Å². The van der Waals surface area contributed by atoms with Gasteiger partial charge in [-0.3, -0.25) is 4.79 Å². The van der Waals surface area contributed by atoms with E-state index in [1.165, 1.54) is 0 Å². The number of aryl methyl sites for hydroxylation is 1. The smallest absolute Gasteiger partial charge is 0.262 e. The first-order valence-electron chi connectivity index (χ1n) is 7.73. The van der Waals surface area contributed by atoms with Gasteiger partial charge in [-0.25, -0.2) is 4.98 Å². The summed E-state index contributed by atoms with van der Waals surface area (Å²) in [6.45, 7) is 1.92. The van der Waals surface area contributed by atoms with Crippen molar-refractivity contribution in [1.82, 2.24) is 4.98 Å². The zero-order chi connectivity index (χ0) is 17.6. The van der Waals surface area contributed by atoms with Crippen LogP contribution in [0.3, 0.4) is 0 Å². The van der Waals surface area contributed by atoms with Gasteiger partial charge in [-0.05, 0) is 55.5 Å². The fourth-order valence-corrected chi connectivity index (χ4v) is 3.00. The molecule has 0 radical (unpaired) electrons. The average molecular weight is 354 g/mol. The van der Waals surface area contributed by atoms with Crippen LogP contribution in [0.25, 0.3) is 10.6 Å². The number of anilines is 1. The maximum atomic E-state index is 12.0. The fourth-order valence-electron chi connectivity index (χ4n) is 2.20. The van der Waals surface area contributed by atoms with Crippen LogP contribution in [0, 0.1) is 6.92 Å². The van der Waals surface area contributed by atoms with Crippen molar-refractivity contribution in [3.05, 3.63) is 59.6 Å². The molecule has 0 atom stereocenters. The largest absolute Gasteiger partial charge is 0.497 e. The van der Waals surface area contributed by atoms with Crippen LogP contribution in [0.15, 0.2) is 53.9 Å². The lowest BCUT2D eigenvalue weighted by Gasteiger charge is -2.08. The van der Waals surface area contributed by atoms with E-state index in [4.69, 9.17) is 9.47 Å². The van der Waals surface area contributed by atoms with E-state index in [0.29, 0.717) is 11.4 Å². The van der Waals surface area contributed by atoms with Crippen molar-refractivity contribution in [1.29, 1.82) is 0 Å². The minimum Gasteiger partial charge on any atom is -0.497 e. The Morgan fingerprint density at radius 2 is 1.76 bits per heavy atom. The Morgan fingerprint density at radius 3 is 2.36 bits per heavy atom. The van der Waals surface area contributed by atoms with Crippen molar-refractivity contribution in [2.75, 3.05) is 19.0 Å². The molecule has 3 aromatic rings. The van der Waals surface area contributed by atoms with Gasteiger partial charge in [-0.2, -0.15) is 0 Å². The third-order valence-electron chi connectivity index (χ3n) is 3.46. The highest BCUT2D eigenvalue weighted by molar-refractivity contribution is 7.13. The van der Waals surface area contributed by atoms with E-state index in [1.807, 2.05) is 36.6 Å². The lowest BCUT2D eigenvalue weighted by molar-refractivity contribution is -0.118. The summed E-state index contributed by atoms with van der Waals surface area (Å²) in [5.41, 5.74) is 2.74. The molecule has 0 spiro atoms. The second-order valence-corrected chi connectivity index (χ2v) is 6.24. The number of benzene rings is 2. The highest BCUT2D eigenvalue weighted by Gasteiger charge is 2.06. The van der Waals surface area contributed by atoms with Crippen molar-refractivity contribution in [2.45, 2.75) is 6.92 Å². The van der Waals surface area contributed by atoms with Crippen molar-refractivity contribution in [3.63, 3.8) is 0 Å². The van der Waals surface area contributed by atoms with Crippen LogP contribution in [0.1, 0.15) is 5.69 Å². The molecule has 0 aliphatic carbocycles. The molecule has 0 saturated heterocycles. The van der Waals surface area contributed by atoms with Crippen LogP contribution in [0.4, 0.5) is 5.69 Å². The van der Waals surface area contributed by atoms with Gasteiger partial charge in [-0.15, -0.1) is 11.3 Å². The van der Waals surface area contributed by atoms with Crippen LogP contribution in [-0.4, -0.2) is 24.6 Å². The predicted octanol–water partition coefficient (Wildman–Crippen LogP) is 4.14. The van der Waals surface area contributed by atoms with Crippen molar-refractivity contribution < 1.29 is 14.3 Å². The number of carbonyl (C=O) groups excluding carboxylic acids is 1. The first-order chi connectivity index (χ1) is 12.1. The zero-order valence-electron chi connectivity index (χ0n) is 14.0. The van der Waals surface area contributed by atoms with E-state index in [-0.39, 0.29) is 12.5 Å². The molecule has 1 heterocycles. The minimum atomic E-state index is -0.218. The second-order valence-electron chi connectivity index (χ2n) is 5.38. The lowest BCUT2D eigenvalue weighted by atomic mass is 10.2. The molecule has 0 bridgehead atoms. The van der Waals surface area contributed by atoms with Gasteiger partial charge >= 0.3 is 0 Å². The second kappa shape index (κ2) is 7.81. The maximum Gasteiger partial charge on any atom is 0.262 e. The average Bonchev–Trinajstić information content (AvgIpc) is 3.07. The predicted molar refractivity (Wildman–Crippen MR) is 99.4 cm³/mol. The molecule has 6 heteroatoms. The molecule has 0 unspecified atom stereocenters. The maximum absolute atomic E-state index is 12.0. The quantitative estimate of drug-likeness (QED) is 0.722. The Balaban J connectivity index is 1.53. The van der Waals surface area contributed by atoms with Crippen molar-refractivity contribution in [3.8, 4) is 22.1 Å². The first kappa shape index (κ1) is 17.0. The number of aromatic nitrogens is 1. The van der Waals surface area contributed by atoms with E-state index < -0.39 is 0 Å². The van der Waals surface area contributed by atoms with Gasteiger partial charge in [-0.1, -0.05) is 0 Å². The molecular weight excluding hydrogens is 336 g/mol. The third-order valence-corrected chi connectivity index (χ3v) is 4.47. The summed E-state index contributed by atoms with van der Waals surface area (Å²) in [6.07, 6.45) is 0. The number of amides is 1. The van der Waals surface area contributed by atoms with E-state index in [1.54, 1.807) is 42.7 Å². The molecule has 3 rings (SSSR count). The zero-order valence-corrected chi connectivity index (χ0v) is 14.8. The summed E-state index contributed by atoms with van der Waals surface area (Å²) in [5, 5.41) is 5.77. The van der Waals surface area contributed by atoms with Crippen LogP contribution >= 0.6 is 11.3 Å². The summed E-state index contributed by atoms with van der Waals surface area (Å²) >= 11 is 1.61. The van der Waals surface area contributed by atoms with E-state index in [0.717, 1.165) is 22.0 Å².